The zero-order valence-corrected chi connectivity index (χ0v) is 14.0. The van der Waals surface area contributed by atoms with Crippen LogP contribution in [0.25, 0.3) is 0 Å². The van der Waals surface area contributed by atoms with Crippen LogP contribution in [0.15, 0.2) is 24.3 Å². The summed E-state index contributed by atoms with van der Waals surface area (Å²) < 4.78 is 5.18. The normalized spacial score (nSPS) is 25.4. The number of methoxy groups -OCH3 is 1. The molecule has 0 heterocycles. The lowest BCUT2D eigenvalue weighted by Crippen LogP contribution is -2.57. The van der Waals surface area contributed by atoms with Gasteiger partial charge in [0.2, 0.25) is 5.91 Å². The first kappa shape index (κ1) is 17.3. The van der Waals surface area contributed by atoms with Crippen LogP contribution in [-0.4, -0.2) is 29.6 Å². The van der Waals surface area contributed by atoms with Crippen molar-refractivity contribution in [3.8, 4) is 5.75 Å². The van der Waals surface area contributed by atoms with Gasteiger partial charge in [0.25, 0.3) is 0 Å². The molecule has 5 heteroatoms. The van der Waals surface area contributed by atoms with Gasteiger partial charge in [0.1, 0.15) is 11.3 Å². The van der Waals surface area contributed by atoms with Crippen molar-refractivity contribution in [2.45, 2.75) is 51.0 Å². The maximum absolute atomic E-state index is 12.6. The van der Waals surface area contributed by atoms with Crippen molar-refractivity contribution in [1.29, 1.82) is 0 Å². The number of hydrogen-bond acceptors (Lipinski definition) is 3. The Hall–Kier alpha value is -2.04. The molecule has 1 unspecified atom stereocenters. The van der Waals surface area contributed by atoms with E-state index in [0.717, 1.165) is 18.4 Å². The molecule has 0 bridgehead atoms. The van der Waals surface area contributed by atoms with Gasteiger partial charge in [0.05, 0.1) is 13.0 Å². The van der Waals surface area contributed by atoms with E-state index in [2.05, 4.69) is 12.2 Å². The Morgan fingerprint density at radius 2 is 2.00 bits per heavy atom. The predicted octanol–water partition coefficient (Wildman–Crippen LogP) is 2.95. The number of rotatable bonds is 5. The monoisotopic (exact) mass is 319 g/mol. The first-order chi connectivity index (χ1) is 10.9. The second-order valence-corrected chi connectivity index (χ2v) is 6.56. The third-order valence-corrected chi connectivity index (χ3v) is 4.89. The fourth-order valence-corrected chi connectivity index (χ4v) is 3.05. The van der Waals surface area contributed by atoms with E-state index < -0.39 is 17.4 Å². The van der Waals surface area contributed by atoms with Crippen molar-refractivity contribution in [3.63, 3.8) is 0 Å². The van der Waals surface area contributed by atoms with Crippen molar-refractivity contribution < 1.29 is 19.4 Å². The fraction of sp³-hybridized carbons (Fsp3) is 0.556. The highest BCUT2D eigenvalue weighted by Crippen LogP contribution is 2.33. The van der Waals surface area contributed by atoms with E-state index in [1.54, 1.807) is 20.1 Å². The molecule has 1 aliphatic carbocycles. The van der Waals surface area contributed by atoms with Gasteiger partial charge in [0, 0.05) is 0 Å². The number of carbonyl (C=O) groups is 2. The van der Waals surface area contributed by atoms with E-state index in [-0.39, 0.29) is 5.91 Å². The van der Waals surface area contributed by atoms with Gasteiger partial charge < -0.3 is 15.2 Å². The average Bonchev–Trinajstić information content (AvgIpc) is 2.56. The topological polar surface area (TPSA) is 75.6 Å². The molecular weight excluding hydrogens is 294 g/mol. The van der Waals surface area contributed by atoms with E-state index in [9.17, 15) is 14.7 Å². The number of aliphatic carboxylic acids is 1. The molecule has 1 atom stereocenters. The predicted molar refractivity (Wildman–Crippen MR) is 87.6 cm³/mol. The summed E-state index contributed by atoms with van der Waals surface area (Å²) in [7, 11) is 1.58. The largest absolute Gasteiger partial charge is 0.497 e. The summed E-state index contributed by atoms with van der Waals surface area (Å²) in [5.41, 5.74) is -0.317. The molecule has 0 spiro atoms. The molecule has 1 amide bonds. The first-order valence-corrected chi connectivity index (χ1v) is 8.07. The van der Waals surface area contributed by atoms with E-state index in [1.165, 1.54) is 0 Å². The lowest BCUT2D eigenvalue weighted by Gasteiger charge is -2.37. The van der Waals surface area contributed by atoms with Gasteiger partial charge in [-0.2, -0.15) is 0 Å². The molecule has 23 heavy (non-hydrogen) atoms. The lowest BCUT2D eigenvalue weighted by molar-refractivity contribution is -0.149. The molecule has 1 aromatic rings. The Morgan fingerprint density at radius 1 is 1.35 bits per heavy atom. The number of nitrogens with one attached hydrogen (secondary N) is 1. The van der Waals surface area contributed by atoms with Gasteiger partial charge in [-0.25, -0.2) is 4.79 Å². The van der Waals surface area contributed by atoms with Gasteiger partial charge in [-0.3, -0.25) is 4.79 Å². The zero-order valence-electron chi connectivity index (χ0n) is 14.0. The summed E-state index contributed by atoms with van der Waals surface area (Å²) in [6.07, 6.45) is 2.61. The Kier molecular flexibility index (Phi) is 5.29. The van der Waals surface area contributed by atoms with Crippen LogP contribution in [0.4, 0.5) is 0 Å². The standard InChI is InChI=1S/C18H25NO4/c1-12-7-9-18(10-8-12,17(21)22)19-16(20)13(2)14-5-4-6-15(11-14)23-3/h4-6,11-13H,7-10H2,1-3H3,(H,19,20)(H,21,22). The number of carboxylic acid groups (broad SMARTS) is 1. The number of ether oxygens (including phenoxy) is 1. The molecule has 1 aromatic carbocycles. The highest BCUT2D eigenvalue weighted by Gasteiger charge is 2.43. The Bertz CT molecular complexity index is 576. The van der Waals surface area contributed by atoms with Crippen LogP contribution in [0, 0.1) is 5.92 Å². The van der Waals surface area contributed by atoms with Crippen molar-refractivity contribution in [2.24, 2.45) is 5.92 Å². The molecule has 1 aliphatic rings. The summed E-state index contributed by atoms with van der Waals surface area (Å²) in [5, 5.41) is 12.4. The Balaban J connectivity index is 2.13. The molecule has 2 rings (SSSR count). The second kappa shape index (κ2) is 7.02. The maximum Gasteiger partial charge on any atom is 0.329 e. The molecular formula is C18H25NO4. The molecule has 0 aromatic heterocycles. The molecule has 1 saturated carbocycles. The molecule has 1 fully saturated rings. The number of carbonyl (C=O) groups excluding carboxylic acids is 1. The molecule has 0 saturated heterocycles. The minimum Gasteiger partial charge on any atom is -0.497 e. The van der Waals surface area contributed by atoms with Crippen molar-refractivity contribution >= 4 is 11.9 Å². The molecule has 0 radical (unpaired) electrons. The Labute approximate surface area is 137 Å². The van der Waals surface area contributed by atoms with Crippen LogP contribution in [-0.2, 0) is 9.59 Å². The minimum absolute atomic E-state index is 0.254. The molecule has 126 valence electrons. The molecule has 2 N–H and O–H groups in total. The van der Waals surface area contributed by atoms with Crippen molar-refractivity contribution in [2.75, 3.05) is 7.11 Å². The van der Waals surface area contributed by atoms with E-state index in [4.69, 9.17) is 4.74 Å². The van der Waals surface area contributed by atoms with Gasteiger partial charge in [-0.1, -0.05) is 19.1 Å². The third kappa shape index (κ3) is 3.84. The fourth-order valence-electron chi connectivity index (χ4n) is 3.05. The average molecular weight is 319 g/mol. The number of carboxylic acids is 1. The van der Waals surface area contributed by atoms with Crippen LogP contribution < -0.4 is 10.1 Å². The Morgan fingerprint density at radius 3 is 2.57 bits per heavy atom. The second-order valence-electron chi connectivity index (χ2n) is 6.56. The van der Waals surface area contributed by atoms with E-state index in [0.29, 0.717) is 24.5 Å². The summed E-state index contributed by atoms with van der Waals surface area (Å²) in [4.78, 5) is 24.3. The summed E-state index contributed by atoms with van der Waals surface area (Å²) in [6.45, 7) is 3.90. The smallest absolute Gasteiger partial charge is 0.329 e. The number of hydrogen-bond donors (Lipinski definition) is 2. The van der Waals surface area contributed by atoms with Crippen LogP contribution in [0.3, 0.4) is 0 Å². The van der Waals surface area contributed by atoms with Gasteiger partial charge in [-0.15, -0.1) is 0 Å². The van der Waals surface area contributed by atoms with Gasteiger partial charge in [-0.05, 0) is 56.2 Å². The maximum atomic E-state index is 12.6. The quantitative estimate of drug-likeness (QED) is 0.875. The SMILES string of the molecule is COc1cccc(C(C)C(=O)NC2(C(=O)O)CCC(C)CC2)c1. The number of amides is 1. The van der Waals surface area contributed by atoms with E-state index in [1.807, 2.05) is 18.2 Å². The van der Waals surface area contributed by atoms with Gasteiger partial charge >= 0.3 is 5.97 Å². The summed E-state index contributed by atoms with van der Waals surface area (Å²) in [5.74, 6) is -0.428. The van der Waals surface area contributed by atoms with E-state index >= 15 is 0 Å². The molecule has 0 aliphatic heterocycles. The minimum atomic E-state index is -1.13. The first-order valence-electron chi connectivity index (χ1n) is 8.07. The zero-order chi connectivity index (χ0) is 17.0. The van der Waals surface area contributed by atoms with Crippen LogP contribution in [0.1, 0.15) is 51.0 Å². The van der Waals surface area contributed by atoms with Gasteiger partial charge in [0.15, 0.2) is 0 Å². The van der Waals surface area contributed by atoms with Crippen LogP contribution in [0.2, 0.25) is 0 Å². The van der Waals surface area contributed by atoms with Crippen LogP contribution >= 0.6 is 0 Å². The highest BCUT2D eigenvalue weighted by atomic mass is 16.5. The van der Waals surface area contributed by atoms with Crippen molar-refractivity contribution in [1.82, 2.24) is 5.32 Å². The number of benzene rings is 1. The van der Waals surface area contributed by atoms with Crippen LogP contribution in [0.5, 0.6) is 5.75 Å². The van der Waals surface area contributed by atoms with Crippen molar-refractivity contribution in [3.05, 3.63) is 29.8 Å². The third-order valence-electron chi connectivity index (χ3n) is 4.89. The molecule has 5 nitrogen and oxygen atoms in total. The summed E-state index contributed by atoms with van der Waals surface area (Å²) >= 11 is 0. The summed E-state index contributed by atoms with van der Waals surface area (Å²) in [6, 6.07) is 7.30. The lowest BCUT2D eigenvalue weighted by atomic mass is 9.76. The highest BCUT2D eigenvalue weighted by molar-refractivity contribution is 5.90.